The van der Waals surface area contributed by atoms with Gasteiger partial charge in [0.05, 0.1) is 39.5 Å². The fourth-order valence-electron chi connectivity index (χ4n) is 2.64. The number of hydrogen-bond acceptors (Lipinski definition) is 6. The Kier molecular flexibility index (Phi) is 6.84. The summed E-state index contributed by atoms with van der Waals surface area (Å²) >= 11 is 7.07. The molecule has 2 aromatic rings. The number of carbonyl (C=O) groups is 3. The van der Waals surface area contributed by atoms with Crippen LogP contribution < -0.4 is 11.1 Å². The second-order valence-corrected chi connectivity index (χ2v) is 7.98. The van der Waals surface area contributed by atoms with Crippen molar-refractivity contribution < 1.29 is 19.1 Å². The summed E-state index contributed by atoms with van der Waals surface area (Å²) in [7, 11) is 0. The van der Waals surface area contributed by atoms with Crippen molar-refractivity contribution in [2.45, 2.75) is 53.7 Å². The molecule has 2 heterocycles. The number of aryl methyl sites for hydroxylation is 2. The van der Waals surface area contributed by atoms with Gasteiger partial charge >= 0.3 is 5.97 Å². The van der Waals surface area contributed by atoms with Gasteiger partial charge in [-0.15, -0.1) is 11.3 Å². The molecule has 0 unspecified atom stereocenters. The summed E-state index contributed by atoms with van der Waals surface area (Å²) in [6.07, 6.45) is -0.233. The predicted molar refractivity (Wildman–Crippen MR) is 108 cm³/mol. The van der Waals surface area contributed by atoms with E-state index < -0.39 is 11.9 Å². The second-order valence-electron chi connectivity index (χ2n) is 6.58. The zero-order valence-corrected chi connectivity index (χ0v) is 18.0. The number of nitrogens with two attached hydrogens (primary N) is 1. The second kappa shape index (κ2) is 8.74. The van der Waals surface area contributed by atoms with Crippen LogP contribution in [-0.4, -0.2) is 33.7 Å². The highest BCUT2D eigenvalue weighted by Gasteiger charge is 2.26. The van der Waals surface area contributed by atoms with Crippen LogP contribution in [0.2, 0.25) is 5.02 Å². The topological polar surface area (TPSA) is 116 Å². The van der Waals surface area contributed by atoms with Crippen molar-refractivity contribution in [2.75, 3.05) is 5.32 Å². The van der Waals surface area contributed by atoms with Crippen LogP contribution in [0.1, 0.15) is 57.2 Å². The quantitative estimate of drug-likeness (QED) is 0.659. The van der Waals surface area contributed by atoms with Crippen molar-refractivity contribution in [1.82, 2.24) is 9.78 Å². The summed E-state index contributed by atoms with van der Waals surface area (Å²) in [5.74, 6) is -1.62. The fraction of sp³-hybridized carbons (Fsp3) is 0.444. The van der Waals surface area contributed by atoms with Gasteiger partial charge in [-0.05, 0) is 40.2 Å². The number of nitrogens with one attached hydrogen (secondary N) is 1. The van der Waals surface area contributed by atoms with Crippen molar-refractivity contribution in [3.05, 3.63) is 32.4 Å². The molecule has 2 rings (SSSR count). The minimum Gasteiger partial charge on any atom is -0.459 e. The molecule has 28 heavy (non-hydrogen) atoms. The molecular weight excluding hydrogens is 404 g/mol. The number of ether oxygens (including phenoxy) is 1. The van der Waals surface area contributed by atoms with Gasteiger partial charge in [-0.2, -0.15) is 5.10 Å². The molecule has 0 radical (unpaired) electrons. The highest BCUT2D eigenvalue weighted by Crippen LogP contribution is 2.34. The Morgan fingerprint density at radius 3 is 2.43 bits per heavy atom. The lowest BCUT2D eigenvalue weighted by molar-refractivity contribution is -0.116. The first-order valence-electron chi connectivity index (χ1n) is 8.66. The maximum atomic E-state index is 12.4. The summed E-state index contributed by atoms with van der Waals surface area (Å²) < 4.78 is 6.88. The number of aromatic nitrogens is 2. The molecule has 0 saturated heterocycles. The maximum absolute atomic E-state index is 12.4. The third-order valence-corrected chi connectivity index (χ3v) is 5.78. The Balaban J connectivity index is 2.20. The van der Waals surface area contributed by atoms with Gasteiger partial charge in [0.2, 0.25) is 5.91 Å². The van der Waals surface area contributed by atoms with E-state index in [9.17, 15) is 14.4 Å². The Bertz CT molecular complexity index is 933. The van der Waals surface area contributed by atoms with Gasteiger partial charge in [0.1, 0.15) is 5.00 Å². The van der Waals surface area contributed by atoms with Crippen LogP contribution in [0.25, 0.3) is 0 Å². The minimum atomic E-state index is -0.668. The van der Waals surface area contributed by atoms with Gasteiger partial charge < -0.3 is 15.8 Å². The van der Waals surface area contributed by atoms with Crippen molar-refractivity contribution in [1.29, 1.82) is 0 Å². The Labute approximate surface area is 172 Å². The molecule has 152 valence electrons. The lowest BCUT2D eigenvalue weighted by Gasteiger charge is -2.10. The van der Waals surface area contributed by atoms with Crippen LogP contribution in [-0.2, 0) is 16.1 Å². The summed E-state index contributed by atoms with van der Waals surface area (Å²) in [6.45, 7) is 8.96. The highest BCUT2D eigenvalue weighted by atomic mass is 35.5. The molecule has 0 atom stereocenters. The standard InChI is InChI=1S/C18H23ClN4O4S/c1-8(2)27-18(26)13-9(3)15(16(20)25)28-17(13)21-12(24)6-7-23-11(5)14(19)10(4)22-23/h8H,6-7H2,1-5H3,(H2,20,25)(H,21,24). The van der Waals surface area contributed by atoms with Gasteiger partial charge in [0.15, 0.2) is 0 Å². The van der Waals surface area contributed by atoms with Crippen LogP contribution in [0.5, 0.6) is 0 Å². The Hall–Kier alpha value is -2.39. The van der Waals surface area contributed by atoms with Gasteiger partial charge in [0, 0.05) is 6.42 Å². The van der Waals surface area contributed by atoms with E-state index in [1.54, 1.807) is 32.4 Å². The van der Waals surface area contributed by atoms with Gasteiger partial charge in [-0.25, -0.2) is 4.79 Å². The van der Waals surface area contributed by atoms with Crippen molar-refractivity contribution in [3.63, 3.8) is 0 Å². The molecular formula is C18H23ClN4O4S. The smallest absolute Gasteiger partial charge is 0.341 e. The Morgan fingerprint density at radius 2 is 1.93 bits per heavy atom. The number of carbonyl (C=O) groups excluding carboxylic acids is 3. The highest BCUT2D eigenvalue weighted by molar-refractivity contribution is 7.18. The molecule has 0 saturated carbocycles. The zero-order chi connectivity index (χ0) is 21.2. The molecule has 0 bridgehead atoms. The molecule has 2 amide bonds. The van der Waals surface area contributed by atoms with E-state index in [1.165, 1.54) is 0 Å². The van der Waals surface area contributed by atoms with E-state index in [1.807, 2.05) is 6.92 Å². The first-order chi connectivity index (χ1) is 13.0. The number of anilines is 1. The predicted octanol–water partition coefficient (Wildman–Crippen LogP) is 3.22. The molecule has 3 N–H and O–H groups in total. The normalized spacial score (nSPS) is 11.0. The molecule has 0 aliphatic heterocycles. The van der Waals surface area contributed by atoms with Crippen LogP contribution in [0.3, 0.4) is 0 Å². The first kappa shape index (κ1) is 21.9. The van der Waals surface area contributed by atoms with Gasteiger partial charge in [-0.1, -0.05) is 11.6 Å². The lowest BCUT2D eigenvalue weighted by Crippen LogP contribution is -2.18. The van der Waals surface area contributed by atoms with E-state index in [0.717, 1.165) is 17.0 Å². The molecule has 10 heteroatoms. The van der Waals surface area contributed by atoms with Crippen LogP contribution in [0.15, 0.2) is 0 Å². The summed E-state index contributed by atoms with van der Waals surface area (Å²) in [5, 5.41) is 7.78. The van der Waals surface area contributed by atoms with Crippen LogP contribution in [0, 0.1) is 20.8 Å². The third kappa shape index (κ3) is 4.71. The van der Waals surface area contributed by atoms with Crippen molar-refractivity contribution in [3.8, 4) is 0 Å². The minimum absolute atomic E-state index is 0.111. The van der Waals surface area contributed by atoms with E-state index in [2.05, 4.69) is 10.4 Å². The number of amides is 2. The average molecular weight is 427 g/mol. The Morgan fingerprint density at radius 1 is 1.29 bits per heavy atom. The van der Waals surface area contributed by atoms with Gasteiger partial charge in [-0.3, -0.25) is 14.3 Å². The first-order valence-corrected chi connectivity index (χ1v) is 9.85. The number of hydrogen-bond donors (Lipinski definition) is 2. The van der Waals surface area contributed by atoms with E-state index in [0.29, 0.717) is 22.8 Å². The molecule has 0 aromatic carbocycles. The summed E-state index contributed by atoms with van der Waals surface area (Å²) in [4.78, 5) is 36.7. The SMILES string of the molecule is Cc1nn(CCC(=O)Nc2sc(C(N)=O)c(C)c2C(=O)OC(C)C)c(C)c1Cl. The van der Waals surface area contributed by atoms with Crippen molar-refractivity contribution in [2.24, 2.45) is 5.73 Å². The van der Waals surface area contributed by atoms with E-state index >= 15 is 0 Å². The lowest BCUT2D eigenvalue weighted by atomic mass is 10.1. The zero-order valence-electron chi connectivity index (χ0n) is 16.4. The number of rotatable bonds is 7. The number of esters is 1. The molecule has 0 spiro atoms. The maximum Gasteiger partial charge on any atom is 0.341 e. The molecule has 0 aliphatic carbocycles. The largest absolute Gasteiger partial charge is 0.459 e. The van der Waals surface area contributed by atoms with Crippen molar-refractivity contribution >= 4 is 45.7 Å². The molecule has 8 nitrogen and oxygen atoms in total. The summed E-state index contributed by atoms with van der Waals surface area (Å²) in [6, 6.07) is 0. The molecule has 0 fully saturated rings. The van der Waals surface area contributed by atoms with E-state index in [-0.39, 0.29) is 33.9 Å². The molecule has 2 aromatic heterocycles. The monoisotopic (exact) mass is 426 g/mol. The number of halogens is 1. The van der Waals surface area contributed by atoms with E-state index in [4.69, 9.17) is 22.1 Å². The van der Waals surface area contributed by atoms with Crippen LogP contribution in [0.4, 0.5) is 5.00 Å². The molecule has 0 aliphatic rings. The number of thiophene rings is 1. The number of nitrogens with zero attached hydrogens (tertiary/aromatic N) is 2. The number of primary amides is 1. The third-order valence-electron chi connectivity index (χ3n) is 4.01. The fourth-order valence-corrected chi connectivity index (χ4v) is 3.84. The van der Waals surface area contributed by atoms with Gasteiger partial charge in [0.25, 0.3) is 5.91 Å². The average Bonchev–Trinajstić information content (AvgIpc) is 3.04. The van der Waals surface area contributed by atoms with Crippen LogP contribution >= 0.6 is 22.9 Å². The summed E-state index contributed by atoms with van der Waals surface area (Å²) in [5.41, 5.74) is 7.39.